The fraction of sp³-hybridized carbons (Fsp3) is 0.444. The Kier molecular flexibility index (Phi) is 3.77. The summed E-state index contributed by atoms with van der Waals surface area (Å²) in [5, 5.41) is 15.7. The summed E-state index contributed by atoms with van der Waals surface area (Å²) < 4.78 is 0. The van der Waals surface area contributed by atoms with Crippen molar-refractivity contribution in [3.05, 3.63) is 41.6 Å². The number of H-pyrrole nitrogens is 1. The van der Waals surface area contributed by atoms with Crippen molar-refractivity contribution < 1.29 is 9.90 Å². The first-order valence-electron chi connectivity index (χ1n) is 7.84. The maximum Gasteiger partial charge on any atom is 0.353 e. The summed E-state index contributed by atoms with van der Waals surface area (Å²) in [4.78, 5) is 10.9. The molecule has 1 aromatic heterocycles. The molecule has 3 rings (SSSR count). The van der Waals surface area contributed by atoms with Crippen LogP contribution in [0.4, 0.5) is 0 Å². The van der Waals surface area contributed by atoms with E-state index in [0.717, 1.165) is 5.56 Å². The van der Waals surface area contributed by atoms with Gasteiger partial charge < -0.3 is 5.11 Å². The van der Waals surface area contributed by atoms with Crippen molar-refractivity contribution >= 4 is 5.97 Å². The van der Waals surface area contributed by atoms with E-state index in [9.17, 15) is 4.79 Å². The van der Waals surface area contributed by atoms with Gasteiger partial charge >= 0.3 is 5.97 Å². The number of aromatic amines is 1. The van der Waals surface area contributed by atoms with Gasteiger partial charge in [0.05, 0.1) is 5.69 Å². The highest BCUT2D eigenvalue weighted by Crippen LogP contribution is 2.42. The zero-order valence-electron chi connectivity index (χ0n) is 13.1. The van der Waals surface area contributed by atoms with Gasteiger partial charge in [0.15, 0.2) is 0 Å². The molecule has 1 aliphatic rings. The zero-order chi connectivity index (χ0) is 15.7. The number of hydrogen-bond acceptors (Lipinski definition) is 2. The van der Waals surface area contributed by atoms with Gasteiger partial charge in [-0.05, 0) is 54.7 Å². The average molecular weight is 298 g/mol. The Morgan fingerprint density at radius 2 is 2.00 bits per heavy atom. The Morgan fingerprint density at radius 1 is 1.27 bits per heavy atom. The normalized spacial score (nSPS) is 18.3. The van der Waals surface area contributed by atoms with Crippen LogP contribution in [0.2, 0.25) is 0 Å². The number of aromatic carboxylic acids is 1. The molecule has 0 aliphatic heterocycles. The van der Waals surface area contributed by atoms with Crippen LogP contribution in [0.25, 0.3) is 11.3 Å². The Labute approximate surface area is 130 Å². The summed E-state index contributed by atoms with van der Waals surface area (Å²) in [5.41, 5.74) is 3.60. The SMILES string of the molecule is CC1(C)CCC(c2cccc(-c3cc(C(=O)O)[nH]n3)c2)CC1. The fourth-order valence-corrected chi connectivity index (χ4v) is 3.26. The highest BCUT2D eigenvalue weighted by molar-refractivity contribution is 5.86. The molecule has 4 nitrogen and oxygen atoms in total. The molecule has 1 saturated carbocycles. The quantitative estimate of drug-likeness (QED) is 0.879. The molecule has 2 aromatic rings. The van der Waals surface area contributed by atoms with Gasteiger partial charge in [-0.3, -0.25) is 5.10 Å². The van der Waals surface area contributed by atoms with Crippen LogP contribution in [0.5, 0.6) is 0 Å². The van der Waals surface area contributed by atoms with Gasteiger partial charge in [-0.1, -0.05) is 32.0 Å². The van der Waals surface area contributed by atoms with Gasteiger partial charge in [-0.15, -0.1) is 0 Å². The lowest BCUT2D eigenvalue weighted by Gasteiger charge is -2.34. The molecule has 0 radical (unpaired) electrons. The smallest absolute Gasteiger partial charge is 0.353 e. The average Bonchev–Trinajstić information content (AvgIpc) is 2.97. The molecule has 116 valence electrons. The number of nitrogens with zero attached hydrogens (tertiary/aromatic N) is 1. The van der Waals surface area contributed by atoms with Crippen LogP contribution < -0.4 is 0 Å². The number of carboxylic acids is 1. The van der Waals surface area contributed by atoms with Gasteiger partial charge in [-0.2, -0.15) is 5.10 Å². The monoisotopic (exact) mass is 298 g/mol. The number of nitrogens with one attached hydrogen (secondary N) is 1. The second-order valence-electron chi connectivity index (χ2n) is 7.04. The van der Waals surface area contributed by atoms with Crippen LogP contribution in [0.3, 0.4) is 0 Å². The molecule has 0 spiro atoms. The first-order valence-corrected chi connectivity index (χ1v) is 7.84. The molecule has 0 amide bonds. The number of benzene rings is 1. The third-order valence-corrected chi connectivity index (χ3v) is 4.80. The topological polar surface area (TPSA) is 66.0 Å². The van der Waals surface area contributed by atoms with Crippen LogP contribution in [0.15, 0.2) is 30.3 Å². The molecule has 1 fully saturated rings. The van der Waals surface area contributed by atoms with E-state index in [4.69, 9.17) is 5.11 Å². The van der Waals surface area contributed by atoms with Gasteiger partial charge in [0.1, 0.15) is 5.69 Å². The van der Waals surface area contributed by atoms with E-state index in [-0.39, 0.29) is 5.69 Å². The predicted octanol–water partition coefficient (Wildman–Crippen LogP) is 4.46. The van der Waals surface area contributed by atoms with Gasteiger partial charge in [0.2, 0.25) is 0 Å². The summed E-state index contributed by atoms with van der Waals surface area (Å²) in [5.74, 6) is -0.379. The highest BCUT2D eigenvalue weighted by atomic mass is 16.4. The van der Waals surface area contributed by atoms with Crippen molar-refractivity contribution in [2.75, 3.05) is 0 Å². The molecule has 1 aliphatic carbocycles. The zero-order valence-corrected chi connectivity index (χ0v) is 13.1. The molecule has 0 saturated heterocycles. The van der Waals surface area contributed by atoms with Crippen LogP contribution in [-0.4, -0.2) is 21.3 Å². The summed E-state index contributed by atoms with van der Waals surface area (Å²) in [7, 11) is 0. The van der Waals surface area contributed by atoms with Crippen molar-refractivity contribution in [2.45, 2.75) is 45.4 Å². The minimum atomic E-state index is -0.982. The van der Waals surface area contributed by atoms with Gasteiger partial charge in [-0.25, -0.2) is 4.79 Å². The standard InChI is InChI=1S/C18H22N2O2/c1-18(2)8-6-12(7-9-18)13-4-3-5-14(10-13)15-11-16(17(21)22)20-19-15/h3-5,10-12H,6-9H2,1-2H3,(H,19,20)(H,21,22). The van der Waals surface area contributed by atoms with E-state index in [1.165, 1.54) is 31.2 Å². The summed E-state index contributed by atoms with van der Waals surface area (Å²) in [6.45, 7) is 4.69. The van der Waals surface area contributed by atoms with Gasteiger partial charge in [0, 0.05) is 5.56 Å². The van der Waals surface area contributed by atoms with E-state index in [1.807, 2.05) is 12.1 Å². The van der Waals surface area contributed by atoms with E-state index >= 15 is 0 Å². The van der Waals surface area contributed by atoms with Crippen molar-refractivity contribution in [1.29, 1.82) is 0 Å². The second kappa shape index (κ2) is 5.59. The number of carbonyl (C=O) groups is 1. The maximum atomic E-state index is 10.9. The molecule has 0 bridgehead atoms. The van der Waals surface area contributed by atoms with Crippen molar-refractivity contribution in [3.63, 3.8) is 0 Å². The van der Waals surface area contributed by atoms with Crippen molar-refractivity contribution in [1.82, 2.24) is 10.2 Å². The Bertz CT molecular complexity index is 678. The Hall–Kier alpha value is -2.10. The molecule has 1 aromatic carbocycles. The molecular formula is C18H22N2O2. The molecule has 1 heterocycles. The molecule has 4 heteroatoms. The molecule has 22 heavy (non-hydrogen) atoms. The highest BCUT2D eigenvalue weighted by Gasteiger charge is 2.27. The van der Waals surface area contributed by atoms with E-state index < -0.39 is 5.97 Å². The largest absolute Gasteiger partial charge is 0.477 e. The van der Waals surface area contributed by atoms with Crippen LogP contribution in [0.1, 0.15) is 61.5 Å². The van der Waals surface area contributed by atoms with Crippen LogP contribution >= 0.6 is 0 Å². The summed E-state index contributed by atoms with van der Waals surface area (Å²) in [6.07, 6.45) is 4.95. The molecule has 0 atom stereocenters. The lowest BCUT2D eigenvalue weighted by atomic mass is 9.71. The Balaban J connectivity index is 1.82. The van der Waals surface area contributed by atoms with E-state index in [2.05, 4.69) is 36.2 Å². The fourth-order valence-electron chi connectivity index (χ4n) is 3.26. The molecular weight excluding hydrogens is 276 g/mol. The predicted molar refractivity (Wildman–Crippen MR) is 86.0 cm³/mol. The maximum absolute atomic E-state index is 10.9. The number of rotatable bonds is 3. The Morgan fingerprint density at radius 3 is 2.64 bits per heavy atom. The van der Waals surface area contributed by atoms with Crippen molar-refractivity contribution in [2.24, 2.45) is 5.41 Å². The molecule has 2 N–H and O–H groups in total. The van der Waals surface area contributed by atoms with Crippen molar-refractivity contribution in [3.8, 4) is 11.3 Å². The lowest BCUT2D eigenvalue weighted by Crippen LogP contribution is -2.20. The van der Waals surface area contributed by atoms with Crippen LogP contribution in [0, 0.1) is 5.41 Å². The summed E-state index contributed by atoms with van der Waals surface area (Å²) >= 11 is 0. The van der Waals surface area contributed by atoms with E-state index in [1.54, 1.807) is 6.07 Å². The minimum absolute atomic E-state index is 0.125. The lowest BCUT2D eigenvalue weighted by molar-refractivity contribution is 0.0690. The first kappa shape index (κ1) is 14.8. The summed E-state index contributed by atoms with van der Waals surface area (Å²) in [6, 6.07) is 9.95. The first-order chi connectivity index (χ1) is 10.4. The number of hydrogen-bond donors (Lipinski definition) is 2. The van der Waals surface area contributed by atoms with Gasteiger partial charge in [0.25, 0.3) is 0 Å². The number of carboxylic acid groups (broad SMARTS) is 1. The molecule has 0 unspecified atom stereocenters. The van der Waals surface area contributed by atoms with Crippen LogP contribution in [-0.2, 0) is 0 Å². The second-order valence-corrected chi connectivity index (χ2v) is 7.04. The minimum Gasteiger partial charge on any atom is -0.477 e. The third kappa shape index (κ3) is 3.06. The van der Waals surface area contributed by atoms with E-state index in [0.29, 0.717) is 17.0 Å². The number of aromatic nitrogens is 2. The third-order valence-electron chi connectivity index (χ3n) is 4.80.